The first-order valence-electron chi connectivity index (χ1n) is 7.20. The fourth-order valence-corrected chi connectivity index (χ4v) is 3.40. The van der Waals surface area contributed by atoms with Crippen molar-refractivity contribution in [2.24, 2.45) is 0 Å². The Balaban J connectivity index is 1.81. The van der Waals surface area contributed by atoms with E-state index in [1.807, 2.05) is 36.4 Å². The summed E-state index contributed by atoms with van der Waals surface area (Å²) in [5.74, 6) is -0.242. The summed E-state index contributed by atoms with van der Waals surface area (Å²) >= 11 is 6.47. The van der Waals surface area contributed by atoms with E-state index in [1.54, 1.807) is 36.4 Å². The molecule has 1 aromatic heterocycles. The summed E-state index contributed by atoms with van der Waals surface area (Å²) < 4.78 is 0. The van der Waals surface area contributed by atoms with Crippen LogP contribution >= 0.6 is 23.6 Å². The Kier molecular flexibility index (Phi) is 4.46. The van der Waals surface area contributed by atoms with Gasteiger partial charge in [0.2, 0.25) is 0 Å². The molecule has 7 heteroatoms. The lowest BCUT2D eigenvalue weighted by Crippen LogP contribution is -2.21. The molecule has 122 valence electrons. The number of thiophene rings is 1. The van der Waals surface area contributed by atoms with Gasteiger partial charge < -0.3 is 10.2 Å². The van der Waals surface area contributed by atoms with E-state index in [2.05, 4.69) is 10.6 Å². The summed E-state index contributed by atoms with van der Waals surface area (Å²) in [6.07, 6.45) is 1.77. The summed E-state index contributed by atoms with van der Waals surface area (Å²) in [4.78, 5) is 27.1. The van der Waals surface area contributed by atoms with Crippen molar-refractivity contribution in [3.05, 3.63) is 52.5 Å². The predicted octanol–water partition coefficient (Wildman–Crippen LogP) is 2.46. The van der Waals surface area contributed by atoms with Crippen molar-refractivity contribution >= 4 is 46.6 Å². The largest absolute Gasteiger partial charge is 0.345 e. The standard InChI is InChI=1S/C17H15N3O2S2/c1-20(2)16(22)11-5-3-10(4-6-11)14-8-7-12(24-14)9-13-15(21)19-17(23)18-13/h3-9H,1-2H3,(H2,18,19,21,23)/b13-9+. The number of rotatable bonds is 3. The quantitative estimate of drug-likeness (QED) is 0.654. The van der Waals surface area contributed by atoms with Gasteiger partial charge in [-0.05, 0) is 48.1 Å². The van der Waals surface area contributed by atoms with Crippen LogP contribution in [0.1, 0.15) is 15.2 Å². The van der Waals surface area contributed by atoms with Crippen LogP contribution in [0.25, 0.3) is 16.5 Å². The maximum Gasteiger partial charge on any atom is 0.273 e. The maximum absolute atomic E-state index is 11.9. The van der Waals surface area contributed by atoms with Crippen molar-refractivity contribution in [3.8, 4) is 10.4 Å². The van der Waals surface area contributed by atoms with Gasteiger partial charge in [0.1, 0.15) is 5.70 Å². The van der Waals surface area contributed by atoms with Crippen molar-refractivity contribution in [1.29, 1.82) is 0 Å². The SMILES string of the molecule is CN(C)C(=O)c1ccc(-c2ccc(/C=C3/NC(=S)NC3=O)s2)cc1. The lowest BCUT2D eigenvalue weighted by molar-refractivity contribution is -0.115. The van der Waals surface area contributed by atoms with E-state index in [9.17, 15) is 9.59 Å². The topological polar surface area (TPSA) is 61.4 Å². The van der Waals surface area contributed by atoms with Gasteiger partial charge in [-0.1, -0.05) is 12.1 Å². The minimum Gasteiger partial charge on any atom is -0.345 e. The number of carbonyl (C=O) groups is 2. The highest BCUT2D eigenvalue weighted by atomic mass is 32.1. The summed E-state index contributed by atoms with van der Waals surface area (Å²) in [5, 5.41) is 5.68. The molecule has 0 radical (unpaired) electrons. The van der Waals surface area contributed by atoms with E-state index in [0.717, 1.165) is 15.3 Å². The van der Waals surface area contributed by atoms with Crippen LogP contribution in [0.15, 0.2) is 42.1 Å². The molecule has 0 spiro atoms. The van der Waals surface area contributed by atoms with E-state index in [0.29, 0.717) is 16.4 Å². The third kappa shape index (κ3) is 3.37. The van der Waals surface area contributed by atoms with E-state index < -0.39 is 0 Å². The van der Waals surface area contributed by atoms with Crippen molar-refractivity contribution in [2.75, 3.05) is 14.1 Å². The molecule has 3 rings (SSSR count). The average Bonchev–Trinajstić information content (AvgIpc) is 3.14. The van der Waals surface area contributed by atoms with E-state index in [1.165, 1.54) is 0 Å². The molecule has 0 unspecified atom stereocenters. The molecular weight excluding hydrogens is 342 g/mol. The molecule has 1 aromatic carbocycles. The molecule has 1 aliphatic heterocycles. The van der Waals surface area contributed by atoms with Gasteiger partial charge in [0.15, 0.2) is 5.11 Å². The number of amides is 2. The van der Waals surface area contributed by atoms with Crippen LogP contribution in [0.4, 0.5) is 0 Å². The maximum atomic E-state index is 11.9. The van der Waals surface area contributed by atoms with Crippen LogP contribution in [-0.2, 0) is 4.79 Å². The number of thiocarbonyl (C=S) groups is 1. The summed E-state index contributed by atoms with van der Waals surface area (Å²) in [5.41, 5.74) is 2.13. The van der Waals surface area contributed by atoms with Gasteiger partial charge in [-0.2, -0.15) is 0 Å². The van der Waals surface area contributed by atoms with Crippen LogP contribution in [0.5, 0.6) is 0 Å². The highest BCUT2D eigenvalue weighted by molar-refractivity contribution is 7.80. The Labute approximate surface area is 149 Å². The monoisotopic (exact) mass is 357 g/mol. The molecule has 5 nitrogen and oxygen atoms in total. The van der Waals surface area contributed by atoms with Crippen molar-refractivity contribution in [3.63, 3.8) is 0 Å². The number of benzene rings is 1. The molecule has 24 heavy (non-hydrogen) atoms. The fraction of sp³-hybridized carbons (Fsp3) is 0.118. The van der Waals surface area contributed by atoms with Crippen LogP contribution in [-0.4, -0.2) is 35.9 Å². The van der Waals surface area contributed by atoms with Crippen molar-refractivity contribution in [1.82, 2.24) is 15.5 Å². The Morgan fingerprint density at radius 3 is 2.42 bits per heavy atom. The molecule has 0 aliphatic carbocycles. The highest BCUT2D eigenvalue weighted by Gasteiger charge is 2.20. The molecule has 1 saturated heterocycles. The van der Waals surface area contributed by atoms with E-state index >= 15 is 0 Å². The second kappa shape index (κ2) is 6.54. The first-order valence-corrected chi connectivity index (χ1v) is 8.42. The van der Waals surface area contributed by atoms with Gasteiger partial charge in [-0.15, -0.1) is 11.3 Å². The van der Waals surface area contributed by atoms with Crippen LogP contribution in [0.3, 0.4) is 0 Å². The van der Waals surface area contributed by atoms with Crippen LogP contribution in [0.2, 0.25) is 0 Å². The third-order valence-corrected chi connectivity index (χ3v) is 4.74. The van der Waals surface area contributed by atoms with Gasteiger partial charge in [0, 0.05) is 29.4 Å². The number of hydrogen-bond acceptors (Lipinski definition) is 4. The zero-order valence-electron chi connectivity index (χ0n) is 13.1. The summed E-state index contributed by atoms with van der Waals surface area (Å²) in [7, 11) is 3.46. The molecular formula is C17H15N3O2S2. The molecule has 2 aromatic rings. The lowest BCUT2D eigenvalue weighted by Gasteiger charge is -2.10. The van der Waals surface area contributed by atoms with Crippen LogP contribution in [0, 0.1) is 0 Å². The number of nitrogens with one attached hydrogen (secondary N) is 2. The van der Waals surface area contributed by atoms with Crippen molar-refractivity contribution < 1.29 is 9.59 Å². The minimum absolute atomic E-state index is 0.0209. The van der Waals surface area contributed by atoms with Crippen molar-refractivity contribution in [2.45, 2.75) is 0 Å². The molecule has 0 bridgehead atoms. The Hall–Kier alpha value is -2.51. The van der Waals surface area contributed by atoms with Gasteiger partial charge >= 0.3 is 0 Å². The first kappa shape index (κ1) is 16.4. The van der Waals surface area contributed by atoms with E-state index in [-0.39, 0.29) is 11.8 Å². The summed E-state index contributed by atoms with van der Waals surface area (Å²) in [6.45, 7) is 0. The molecule has 1 fully saturated rings. The first-order chi connectivity index (χ1) is 11.4. The second-order valence-electron chi connectivity index (χ2n) is 5.45. The Morgan fingerprint density at radius 2 is 1.83 bits per heavy atom. The highest BCUT2D eigenvalue weighted by Crippen LogP contribution is 2.29. The number of nitrogens with zero attached hydrogens (tertiary/aromatic N) is 1. The predicted molar refractivity (Wildman–Crippen MR) is 99.6 cm³/mol. The Bertz CT molecular complexity index is 851. The molecule has 2 N–H and O–H groups in total. The molecule has 1 aliphatic rings. The summed E-state index contributed by atoms with van der Waals surface area (Å²) in [6, 6.07) is 11.4. The molecule has 2 amide bonds. The molecule has 0 atom stereocenters. The third-order valence-electron chi connectivity index (χ3n) is 3.46. The number of carbonyl (C=O) groups excluding carboxylic acids is 2. The van der Waals surface area contributed by atoms with Gasteiger partial charge in [0.05, 0.1) is 0 Å². The molecule has 2 heterocycles. The van der Waals surface area contributed by atoms with E-state index in [4.69, 9.17) is 12.2 Å². The second-order valence-corrected chi connectivity index (χ2v) is 6.97. The van der Waals surface area contributed by atoms with Gasteiger partial charge in [-0.25, -0.2) is 0 Å². The fourth-order valence-electron chi connectivity index (χ4n) is 2.25. The normalized spacial score (nSPS) is 15.3. The zero-order valence-corrected chi connectivity index (χ0v) is 14.8. The average molecular weight is 357 g/mol. The number of hydrogen-bond donors (Lipinski definition) is 2. The van der Waals surface area contributed by atoms with Crippen LogP contribution < -0.4 is 10.6 Å². The molecule has 0 saturated carbocycles. The smallest absolute Gasteiger partial charge is 0.273 e. The van der Waals surface area contributed by atoms with Gasteiger partial charge in [-0.3, -0.25) is 14.9 Å². The lowest BCUT2D eigenvalue weighted by atomic mass is 10.1. The van der Waals surface area contributed by atoms with Gasteiger partial charge in [0.25, 0.3) is 11.8 Å². The minimum atomic E-state index is -0.221. The Morgan fingerprint density at radius 1 is 1.12 bits per heavy atom. The zero-order chi connectivity index (χ0) is 17.3.